The van der Waals surface area contributed by atoms with Gasteiger partial charge in [0.2, 0.25) is 10.0 Å². The highest BCUT2D eigenvalue weighted by atomic mass is 32.2. The minimum absolute atomic E-state index is 0.272. The molecule has 1 fully saturated rings. The quantitative estimate of drug-likeness (QED) is 0.747. The summed E-state index contributed by atoms with van der Waals surface area (Å²) in [6.07, 6.45) is 3.74. The van der Waals surface area contributed by atoms with Crippen molar-refractivity contribution in [1.29, 1.82) is 0 Å². The minimum Gasteiger partial charge on any atom is -0.361 e. The van der Waals surface area contributed by atoms with E-state index in [0.717, 1.165) is 68.5 Å². The standard InChI is InChI=1S/C18H28N6O3S/c1-13-16(14(2)27-21-13)12-22-7-6-17-19-20-18(24(17)11-10-22)15-4-8-23(9-5-15)28(3,25)26/h15H,4-12H2,1-3H3. The second kappa shape index (κ2) is 7.57. The van der Waals surface area contributed by atoms with Crippen LogP contribution < -0.4 is 0 Å². The van der Waals surface area contributed by atoms with Crippen molar-refractivity contribution < 1.29 is 12.9 Å². The van der Waals surface area contributed by atoms with Crippen LogP contribution in [0.4, 0.5) is 0 Å². The molecule has 0 aromatic carbocycles. The highest BCUT2D eigenvalue weighted by Gasteiger charge is 2.30. The van der Waals surface area contributed by atoms with Crippen molar-refractivity contribution >= 4 is 10.0 Å². The Morgan fingerprint density at radius 2 is 1.82 bits per heavy atom. The monoisotopic (exact) mass is 408 g/mol. The summed E-state index contributed by atoms with van der Waals surface area (Å²) in [5.74, 6) is 3.21. The Hall–Kier alpha value is -1.78. The fraction of sp³-hybridized carbons (Fsp3) is 0.722. The normalized spacial score (nSPS) is 20.2. The summed E-state index contributed by atoms with van der Waals surface area (Å²) in [5, 5.41) is 13.0. The second-order valence-corrected chi connectivity index (χ2v) is 9.87. The van der Waals surface area contributed by atoms with Gasteiger partial charge in [0.1, 0.15) is 17.4 Å². The van der Waals surface area contributed by atoms with E-state index < -0.39 is 10.0 Å². The van der Waals surface area contributed by atoms with Gasteiger partial charge in [0.05, 0.1) is 11.9 Å². The van der Waals surface area contributed by atoms with Gasteiger partial charge in [-0.25, -0.2) is 12.7 Å². The molecule has 4 heterocycles. The smallest absolute Gasteiger partial charge is 0.211 e. The van der Waals surface area contributed by atoms with E-state index in [1.54, 1.807) is 4.31 Å². The highest BCUT2D eigenvalue weighted by molar-refractivity contribution is 7.88. The molecule has 9 nitrogen and oxygen atoms in total. The molecule has 2 aromatic rings. The maximum Gasteiger partial charge on any atom is 0.211 e. The Balaban J connectivity index is 1.43. The van der Waals surface area contributed by atoms with Gasteiger partial charge in [-0.3, -0.25) is 4.90 Å². The second-order valence-electron chi connectivity index (χ2n) is 7.89. The Kier molecular flexibility index (Phi) is 5.28. The van der Waals surface area contributed by atoms with E-state index in [9.17, 15) is 8.42 Å². The Bertz CT molecular complexity index is 923. The molecule has 1 saturated heterocycles. The van der Waals surface area contributed by atoms with Gasteiger partial charge in [-0.05, 0) is 26.7 Å². The molecule has 154 valence electrons. The third kappa shape index (κ3) is 3.85. The van der Waals surface area contributed by atoms with Gasteiger partial charge in [0.25, 0.3) is 0 Å². The van der Waals surface area contributed by atoms with E-state index in [4.69, 9.17) is 4.52 Å². The van der Waals surface area contributed by atoms with Crippen LogP contribution in [0.25, 0.3) is 0 Å². The van der Waals surface area contributed by atoms with Crippen LogP contribution in [0.5, 0.6) is 0 Å². The van der Waals surface area contributed by atoms with Crippen molar-refractivity contribution in [2.45, 2.75) is 52.1 Å². The van der Waals surface area contributed by atoms with E-state index in [0.29, 0.717) is 13.1 Å². The van der Waals surface area contributed by atoms with Crippen LogP contribution in [0.3, 0.4) is 0 Å². The number of hydrogen-bond donors (Lipinski definition) is 0. The van der Waals surface area contributed by atoms with E-state index in [1.807, 2.05) is 13.8 Å². The molecule has 0 N–H and O–H groups in total. The topological polar surface area (TPSA) is 97.4 Å². The lowest BCUT2D eigenvalue weighted by Gasteiger charge is -2.30. The number of piperidine rings is 1. The van der Waals surface area contributed by atoms with Gasteiger partial charge in [-0.2, -0.15) is 0 Å². The molecule has 28 heavy (non-hydrogen) atoms. The average Bonchev–Trinajstić information content (AvgIpc) is 3.13. The number of hydrogen-bond acceptors (Lipinski definition) is 7. The van der Waals surface area contributed by atoms with Crippen LogP contribution in [-0.2, 0) is 29.5 Å². The summed E-state index contributed by atoms with van der Waals surface area (Å²) in [5.41, 5.74) is 2.13. The number of sulfonamides is 1. The maximum atomic E-state index is 11.7. The number of nitrogens with zero attached hydrogens (tertiary/aromatic N) is 6. The summed E-state index contributed by atoms with van der Waals surface area (Å²) in [6, 6.07) is 0. The van der Waals surface area contributed by atoms with Gasteiger partial charge >= 0.3 is 0 Å². The van der Waals surface area contributed by atoms with Crippen LogP contribution >= 0.6 is 0 Å². The van der Waals surface area contributed by atoms with Gasteiger partial charge < -0.3 is 9.09 Å². The van der Waals surface area contributed by atoms with Crippen LogP contribution in [0.1, 0.15) is 47.4 Å². The summed E-state index contributed by atoms with van der Waals surface area (Å²) in [7, 11) is -3.11. The predicted octanol–water partition coefficient (Wildman–Crippen LogP) is 1.08. The van der Waals surface area contributed by atoms with Crippen molar-refractivity contribution in [3.63, 3.8) is 0 Å². The van der Waals surface area contributed by atoms with Crippen molar-refractivity contribution in [3.8, 4) is 0 Å². The van der Waals surface area contributed by atoms with Crippen molar-refractivity contribution in [3.05, 3.63) is 28.7 Å². The zero-order valence-electron chi connectivity index (χ0n) is 16.8. The number of rotatable bonds is 4. The first-order chi connectivity index (χ1) is 13.3. The third-order valence-corrected chi connectivity index (χ3v) is 7.30. The Morgan fingerprint density at radius 1 is 1.07 bits per heavy atom. The Morgan fingerprint density at radius 3 is 2.46 bits per heavy atom. The van der Waals surface area contributed by atoms with Gasteiger partial charge in [-0.15, -0.1) is 10.2 Å². The van der Waals surface area contributed by atoms with Crippen LogP contribution in [0.15, 0.2) is 4.52 Å². The molecule has 0 aliphatic carbocycles. The van der Waals surface area contributed by atoms with Gasteiger partial charge in [0, 0.05) is 57.2 Å². The molecule has 0 atom stereocenters. The molecule has 10 heteroatoms. The summed E-state index contributed by atoms with van der Waals surface area (Å²) < 4.78 is 32.6. The van der Waals surface area contributed by atoms with E-state index in [1.165, 1.54) is 11.8 Å². The lowest BCUT2D eigenvalue weighted by molar-refractivity contribution is 0.265. The number of fused-ring (bicyclic) bond motifs is 1. The first kappa shape index (κ1) is 19.5. The van der Waals surface area contributed by atoms with Gasteiger partial charge in [-0.1, -0.05) is 5.16 Å². The van der Waals surface area contributed by atoms with Crippen molar-refractivity contribution in [2.24, 2.45) is 0 Å². The zero-order chi connectivity index (χ0) is 19.9. The van der Waals surface area contributed by atoms with Crippen LogP contribution in [-0.4, -0.2) is 70.0 Å². The summed E-state index contributed by atoms with van der Waals surface area (Å²) in [4.78, 5) is 2.41. The predicted molar refractivity (Wildman–Crippen MR) is 103 cm³/mol. The molecular weight excluding hydrogens is 380 g/mol. The third-order valence-electron chi connectivity index (χ3n) is 6.00. The zero-order valence-corrected chi connectivity index (χ0v) is 17.6. The summed E-state index contributed by atoms with van der Waals surface area (Å²) >= 11 is 0. The molecule has 2 aromatic heterocycles. The fourth-order valence-corrected chi connectivity index (χ4v) is 5.12. The Labute approximate surface area is 165 Å². The molecule has 0 bridgehead atoms. The minimum atomic E-state index is -3.11. The maximum absolute atomic E-state index is 11.7. The number of aryl methyl sites for hydroxylation is 2. The van der Waals surface area contributed by atoms with E-state index >= 15 is 0 Å². The molecule has 0 spiro atoms. The molecule has 0 radical (unpaired) electrons. The van der Waals surface area contributed by atoms with Crippen LogP contribution in [0.2, 0.25) is 0 Å². The first-order valence-corrected chi connectivity index (χ1v) is 11.7. The molecule has 0 saturated carbocycles. The molecule has 4 rings (SSSR count). The molecule has 2 aliphatic rings. The molecule has 2 aliphatic heterocycles. The van der Waals surface area contributed by atoms with E-state index in [2.05, 4.69) is 24.8 Å². The van der Waals surface area contributed by atoms with Crippen molar-refractivity contribution in [2.75, 3.05) is 32.4 Å². The van der Waals surface area contributed by atoms with Gasteiger partial charge in [0.15, 0.2) is 0 Å². The highest BCUT2D eigenvalue weighted by Crippen LogP contribution is 2.29. The lowest BCUT2D eigenvalue weighted by atomic mass is 9.97. The fourth-order valence-electron chi connectivity index (χ4n) is 4.25. The van der Waals surface area contributed by atoms with E-state index in [-0.39, 0.29) is 5.92 Å². The molecule has 0 amide bonds. The van der Waals surface area contributed by atoms with Crippen LogP contribution in [0, 0.1) is 13.8 Å². The molecular formula is C18H28N6O3S. The molecule has 0 unspecified atom stereocenters. The SMILES string of the molecule is Cc1noc(C)c1CN1CCc2nnc(C3CCN(S(C)(=O)=O)CC3)n2CC1. The first-order valence-electron chi connectivity index (χ1n) is 9.84. The lowest BCUT2D eigenvalue weighted by Crippen LogP contribution is -2.37. The summed E-state index contributed by atoms with van der Waals surface area (Å²) in [6.45, 7) is 8.60. The average molecular weight is 409 g/mol. The number of aromatic nitrogens is 4. The largest absolute Gasteiger partial charge is 0.361 e. The van der Waals surface area contributed by atoms with Crippen molar-refractivity contribution in [1.82, 2.24) is 29.1 Å².